The number of rotatable bonds is 8. The number of nitrogens with one attached hydrogen (secondary N) is 2. The van der Waals surface area contributed by atoms with Crippen LogP contribution in [-0.2, 0) is 14.9 Å². The standard InChI is InChI=1S/C19H28N2O4.C2H6/c1-2-24-15-3-4-17-16(13-15)19(18(23)21-17)7-5-14(6-8-19)25-12-10-20-9-11-22;1-2/h3-4,13-14,20,22H,2,5-12H2,1H3,(H,21,23);1-2H3. The molecule has 2 aliphatic rings. The van der Waals surface area contributed by atoms with Crippen molar-refractivity contribution in [3.05, 3.63) is 23.8 Å². The van der Waals surface area contributed by atoms with Gasteiger partial charge in [0.25, 0.3) is 0 Å². The minimum absolute atomic E-state index is 0.110. The predicted octanol–water partition coefficient (Wildman–Crippen LogP) is 2.84. The van der Waals surface area contributed by atoms with E-state index in [1.807, 2.05) is 39.0 Å². The van der Waals surface area contributed by atoms with Gasteiger partial charge in [0, 0.05) is 18.8 Å². The van der Waals surface area contributed by atoms with Crippen molar-refractivity contribution in [2.45, 2.75) is 58.0 Å². The molecule has 1 amide bonds. The van der Waals surface area contributed by atoms with Crippen molar-refractivity contribution < 1.29 is 19.4 Å². The van der Waals surface area contributed by atoms with Gasteiger partial charge in [-0.05, 0) is 56.4 Å². The van der Waals surface area contributed by atoms with Crippen LogP contribution < -0.4 is 15.4 Å². The van der Waals surface area contributed by atoms with Gasteiger partial charge >= 0.3 is 0 Å². The highest BCUT2D eigenvalue weighted by atomic mass is 16.5. The Morgan fingerprint density at radius 3 is 2.67 bits per heavy atom. The first-order valence-corrected chi connectivity index (χ1v) is 10.2. The van der Waals surface area contributed by atoms with Gasteiger partial charge in [-0.15, -0.1) is 0 Å². The Balaban J connectivity index is 0.00000126. The second-order valence-corrected chi connectivity index (χ2v) is 6.72. The summed E-state index contributed by atoms with van der Waals surface area (Å²) in [7, 11) is 0. The molecule has 6 nitrogen and oxygen atoms in total. The number of anilines is 1. The molecular formula is C21H34N2O4. The van der Waals surface area contributed by atoms with Crippen LogP contribution in [0.3, 0.4) is 0 Å². The van der Waals surface area contributed by atoms with Gasteiger partial charge in [-0.25, -0.2) is 0 Å². The molecule has 0 bridgehead atoms. The van der Waals surface area contributed by atoms with E-state index in [-0.39, 0.29) is 18.6 Å². The zero-order chi connectivity index (χ0) is 19.7. The second kappa shape index (κ2) is 10.6. The van der Waals surface area contributed by atoms with Crippen molar-refractivity contribution >= 4 is 11.6 Å². The number of fused-ring (bicyclic) bond motifs is 2. The maximum absolute atomic E-state index is 12.7. The number of carbonyl (C=O) groups is 1. The van der Waals surface area contributed by atoms with Crippen LogP contribution in [0.5, 0.6) is 5.75 Å². The highest BCUT2D eigenvalue weighted by molar-refractivity contribution is 6.06. The van der Waals surface area contributed by atoms with Crippen LogP contribution in [0, 0.1) is 0 Å². The third-order valence-corrected chi connectivity index (χ3v) is 5.21. The van der Waals surface area contributed by atoms with Crippen LogP contribution in [-0.4, -0.2) is 50.0 Å². The molecule has 0 radical (unpaired) electrons. The molecular weight excluding hydrogens is 344 g/mol. The zero-order valence-corrected chi connectivity index (χ0v) is 16.8. The van der Waals surface area contributed by atoms with Gasteiger partial charge in [0.2, 0.25) is 5.91 Å². The summed E-state index contributed by atoms with van der Waals surface area (Å²) in [4.78, 5) is 12.7. The first-order valence-electron chi connectivity index (χ1n) is 10.2. The van der Waals surface area contributed by atoms with Gasteiger partial charge in [0.1, 0.15) is 5.75 Å². The lowest BCUT2D eigenvalue weighted by atomic mass is 9.69. The molecule has 0 saturated heterocycles. The van der Waals surface area contributed by atoms with E-state index in [9.17, 15) is 4.79 Å². The molecule has 1 aromatic carbocycles. The van der Waals surface area contributed by atoms with Crippen LogP contribution in [0.15, 0.2) is 18.2 Å². The molecule has 1 aromatic rings. The number of hydrogen-bond donors (Lipinski definition) is 3. The topological polar surface area (TPSA) is 79.8 Å². The van der Waals surface area contributed by atoms with E-state index in [1.165, 1.54) is 0 Å². The molecule has 152 valence electrons. The lowest BCUT2D eigenvalue weighted by Crippen LogP contribution is -2.40. The Bertz CT molecular complexity index is 598. The molecule has 0 unspecified atom stereocenters. The first kappa shape index (κ1) is 21.7. The number of hydrogen-bond acceptors (Lipinski definition) is 5. The Morgan fingerprint density at radius 1 is 1.26 bits per heavy atom. The summed E-state index contributed by atoms with van der Waals surface area (Å²) in [6.07, 6.45) is 3.57. The Kier molecular flexibility index (Phi) is 8.54. The number of ether oxygens (including phenoxy) is 2. The average Bonchev–Trinajstić information content (AvgIpc) is 2.96. The molecule has 1 fully saturated rings. The van der Waals surface area contributed by atoms with Gasteiger partial charge < -0.3 is 25.2 Å². The fourth-order valence-corrected chi connectivity index (χ4v) is 3.90. The van der Waals surface area contributed by atoms with Gasteiger partial charge in [0.05, 0.1) is 31.3 Å². The van der Waals surface area contributed by atoms with Crippen LogP contribution >= 0.6 is 0 Å². The van der Waals surface area contributed by atoms with Crippen molar-refractivity contribution in [1.29, 1.82) is 0 Å². The summed E-state index contributed by atoms with van der Waals surface area (Å²) in [6.45, 7) is 8.69. The molecule has 3 N–H and O–H groups in total. The van der Waals surface area contributed by atoms with E-state index < -0.39 is 5.41 Å². The maximum Gasteiger partial charge on any atom is 0.235 e. The summed E-state index contributed by atoms with van der Waals surface area (Å²) < 4.78 is 11.5. The van der Waals surface area contributed by atoms with Gasteiger partial charge in [-0.3, -0.25) is 4.79 Å². The fourth-order valence-electron chi connectivity index (χ4n) is 3.90. The molecule has 27 heavy (non-hydrogen) atoms. The summed E-state index contributed by atoms with van der Waals surface area (Å²) in [6, 6.07) is 5.88. The van der Waals surface area contributed by atoms with E-state index in [0.717, 1.165) is 49.2 Å². The van der Waals surface area contributed by atoms with Crippen LogP contribution in [0.4, 0.5) is 5.69 Å². The van der Waals surface area contributed by atoms with Gasteiger partial charge in [0.15, 0.2) is 0 Å². The molecule has 6 heteroatoms. The summed E-state index contributed by atoms with van der Waals surface area (Å²) >= 11 is 0. The number of aliphatic hydroxyl groups is 1. The zero-order valence-electron chi connectivity index (χ0n) is 16.8. The largest absolute Gasteiger partial charge is 0.494 e. The molecule has 1 aliphatic carbocycles. The lowest BCUT2D eigenvalue weighted by molar-refractivity contribution is -0.123. The molecule has 1 saturated carbocycles. The van der Waals surface area contributed by atoms with Gasteiger partial charge in [-0.1, -0.05) is 13.8 Å². The molecule has 0 atom stereocenters. The molecule has 1 spiro atoms. The predicted molar refractivity (Wildman–Crippen MR) is 107 cm³/mol. The average molecular weight is 379 g/mol. The van der Waals surface area contributed by atoms with Crippen molar-refractivity contribution in [1.82, 2.24) is 5.32 Å². The molecule has 0 aromatic heterocycles. The minimum atomic E-state index is -0.433. The minimum Gasteiger partial charge on any atom is -0.494 e. The first-order chi connectivity index (χ1) is 13.2. The SMILES string of the molecule is CC.CCOc1ccc2c(c1)C1(CCC(OCCNCCO)CC1)C(=O)N2. The molecule has 1 aliphatic heterocycles. The summed E-state index contributed by atoms with van der Waals surface area (Å²) in [5.41, 5.74) is 1.56. The van der Waals surface area contributed by atoms with E-state index in [4.69, 9.17) is 14.6 Å². The number of aliphatic hydroxyl groups excluding tert-OH is 1. The van der Waals surface area contributed by atoms with E-state index in [1.54, 1.807) is 0 Å². The Labute approximate surface area is 162 Å². The fraction of sp³-hybridized carbons (Fsp3) is 0.667. The molecule has 1 heterocycles. The molecule has 3 rings (SSSR count). The van der Waals surface area contributed by atoms with E-state index >= 15 is 0 Å². The maximum atomic E-state index is 12.7. The second-order valence-electron chi connectivity index (χ2n) is 6.72. The monoisotopic (exact) mass is 378 g/mol. The van der Waals surface area contributed by atoms with Crippen molar-refractivity contribution in [3.63, 3.8) is 0 Å². The number of amides is 1. The van der Waals surface area contributed by atoms with Crippen LogP contribution in [0.25, 0.3) is 0 Å². The van der Waals surface area contributed by atoms with Gasteiger partial charge in [-0.2, -0.15) is 0 Å². The van der Waals surface area contributed by atoms with E-state index in [0.29, 0.717) is 19.8 Å². The summed E-state index contributed by atoms with van der Waals surface area (Å²) in [5, 5.41) is 14.9. The lowest BCUT2D eigenvalue weighted by Gasteiger charge is -2.35. The smallest absolute Gasteiger partial charge is 0.235 e. The highest BCUT2D eigenvalue weighted by Gasteiger charge is 2.48. The quantitative estimate of drug-likeness (QED) is 0.606. The Hall–Kier alpha value is -1.63. The third kappa shape index (κ3) is 5.00. The van der Waals surface area contributed by atoms with Crippen molar-refractivity contribution in [2.75, 3.05) is 38.2 Å². The van der Waals surface area contributed by atoms with Crippen LogP contribution in [0.2, 0.25) is 0 Å². The van der Waals surface area contributed by atoms with Crippen molar-refractivity contribution in [2.24, 2.45) is 0 Å². The van der Waals surface area contributed by atoms with Crippen molar-refractivity contribution in [3.8, 4) is 5.75 Å². The number of carbonyl (C=O) groups excluding carboxylic acids is 1. The van der Waals surface area contributed by atoms with Crippen LogP contribution in [0.1, 0.15) is 52.0 Å². The highest BCUT2D eigenvalue weighted by Crippen LogP contribution is 2.48. The number of benzene rings is 1. The third-order valence-electron chi connectivity index (χ3n) is 5.21. The Morgan fingerprint density at radius 2 is 2.00 bits per heavy atom. The van der Waals surface area contributed by atoms with E-state index in [2.05, 4.69) is 10.6 Å². The normalized spacial score (nSPS) is 23.4. The summed E-state index contributed by atoms with van der Waals surface area (Å²) in [5.74, 6) is 0.935.